The molecule has 1 aromatic carbocycles. The van der Waals surface area contributed by atoms with Crippen LogP contribution < -0.4 is 5.32 Å². The van der Waals surface area contributed by atoms with Crippen molar-refractivity contribution in [2.75, 3.05) is 6.54 Å². The highest BCUT2D eigenvalue weighted by molar-refractivity contribution is 7.17. The number of benzene rings is 1. The molecule has 0 aliphatic carbocycles. The number of hydrogen-bond donors (Lipinski definition) is 1. The first kappa shape index (κ1) is 19.2. The number of nitrogens with zero attached hydrogens (tertiary/aromatic N) is 4. The van der Waals surface area contributed by atoms with Gasteiger partial charge in [0.05, 0.1) is 17.1 Å². The Bertz CT molecular complexity index is 946. The Labute approximate surface area is 161 Å². The topological polar surface area (TPSA) is 72.7 Å². The molecule has 2 aromatic heterocycles. The fraction of sp³-hybridized carbons (Fsp3) is 0.368. The largest absolute Gasteiger partial charge is 0.351 e. The first-order valence-corrected chi connectivity index (χ1v) is 9.62. The normalized spacial score (nSPS) is 11.2. The van der Waals surface area contributed by atoms with Gasteiger partial charge in [-0.25, -0.2) is 14.1 Å². The molecular formula is C19H22FN5OS. The monoisotopic (exact) mass is 387 g/mol. The molecule has 3 rings (SSSR count). The minimum absolute atomic E-state index is 0.111. The van der Waals surface area contributed by atoms with Crippen LogP contribution in [0, 0.1) is 25.6 Å². The van der Waals surface area contributed by atoms with Gasteiger partial charge in [0, 0.05) is 6.54 Å². The quantitative estimate of drug-likeness (QED) is 0.696. The van der Waals surface area contributed by atoms with E-state index in [-0.39, 0.29) is 11.7 Å². The minimum atomic E-state index is -0.305. The van der Waals surface area contributed by atoms with Crippen LogP contribution in [0.3, 0.4) is 0 Å². The molecule has 1 amide bonds. The van der Waals surface area contributed by atoms with Gasteiger partial charge in [-0.1, -0.05) is 19.1 Å². The number of aromatic nitrogens is 4. The standard InChI is InChI=1S/C19H22FN5OS/c1-11(2)9-10-21-18(26)17-12(3)22-19(27-17)16-13(4)25(24-23-16)15-7-5-14(20)6-8-15/h5-8,11H,9-10H2,1-4H3,(H,21,26). The van der Waals surface area contributed by atoms with Crippen LogP contribution in [-0.4, -0.2) is 32.4 Å². The van der Waals surface area contributed by atoms with Crippen molar-refractivity contribution in [1.82, 2.24) is 25.3 Å². The molecule has 1 N–H and O–H groups in total. The first-order chi connectivity index (χ1) is 12.9. The van der Waals surface area contributed by atoms with Gasteiger partial charge in [-0.3, -0.25) is 4.79 Å². The third-order valence-corrected chi connectivity index (χ3v) is 5.34. The van der Waals surface area contributed by atoms with Crippen molar-refractivity contribution in [2.45, 2.75) is 34.1 Å². The maximum absolute atomic E-state index is 13.1. The van der Waals surface area contributed by atoms with Gasteiger partial charge in [-0.15, -0.1) is 16.4 Å². The van der Waals surface area contributed by atoms with Gasteiger partial charge < -0.3 is 5.32 Å². The van der Waals surface area contributed by atoms with Crippen LogP contribution in [-0.2, 0) is 0 Å². The second-order valence-electron chi connectivity index (χ2n) is 6.78. The summed E-state index contributed by atoms with van der Waals surface area (Å²) in [6.07, 6.45) is 0.932. The number of rotatable bonds is 6. The van der Waals surface area contributed by atoms with E-state index < -0.39 is 0 Å². The van der Waals surface area contributed by atoms with Crippen LogP contribution >= 0.6 is 11.3 Å². The molecule has 0 aliphatic heterocycles. The Balaban J connectivity index is 1.84. The smallest absolute Gasteiger partial charge is 0.263 e. The average Bonchev–Trinajstić information content (AvgIpc) is 3.18. The summed E-state index contributed by atoms with van der Waals surface area (Å²) in [4.78, 5) is 17.5. The molecule has 142 valence electrons. The number of aryl methyl sites for hydroxylation is 1. The summed E-state index contributed by atoms with van der Waals surface area (Å²) in [7, 11) is 0. The lowest BCUT2D eigenvalue weighted by atomic mass is 10.1. The summed E-state index contributed by atoms with van der Waals surface area (Å²) >= 11 is 1.31. The van der Waals surface area contributed by atoms with Crippen LogP contribution in [0.25, 0.3) is 16.4 Å². The van der Waals surface area contributed by atoms with Crippen LogP contribution in [0.4, 0.5) is 4.39 Å². The zero-order valence-corrected chi connectivity index (χ0v) is 16.6. The lowest BCUT2D eigenvalue weighted by molar-refractivity contribution is 0.0955. The zero-order chi connectivity index (χ0) is 19.6. The summed E-state index contributed by atoms with van der Waals surface area (Å²) < 4.78 is 14.8. The van der Waals surface area contributed by atoms with E-state index in [0.29, 0.717) is 39.4 Å². The summed E-state index contributed by atoms with van der Waals surface area (Å²) in [5, 5.41) is 12.0. The molecule has 0 saturated carbocycles. The molecule has 6 nitrogen and oxygen atoms in total. The molecule has 0 saturated heterocycles. The highest BCUT2D eigenvalue weighted by Crippen LogP contribution is 2.29. The minimum Gasteiger partial charge on any atom is -0.351 e. The number of thiazole rings is 1. The Morgan fingerprint density at radius 2 is 1.96 bits per heavy atom. The van der Waals surface area contributed by atoms with E-state index in [1.807, 2.05) is 13.8 Å². The molecule has 0 aliphatic rings. The van der Waals surface area contributed by atoms with Crippen molar-refractivity contribution in [3.63, 3.8) is 0 Å². The Hall–Kier alpha value is -2.61. The first-order valence-electron chi connectivity index (χ1n) is 8.81. The molecule has 0 radical (unpaired) electrons. The van der Waals surface area contributed by atoms with Crippen molar-refractivity contribution in [3.05, 3.63) is 46.3 Å². The van der Waals surface area contributed by atoms with Gasteiger partial charge in [0.25, 0.3) is 5.91 Å². The van der Waals surface area contributed by atoms with Gasteiger partial charge in [0.2, 0.25) is 0 Å². The Morgan fingerprint density at radius 1 is 1.26 bits per heavy atom. The Kier molecular flexibility index (Phi) is 5.65. The lowest BCUT2D eigenvalue weighted by Crippen LogP contribution is -2.25. The highest BCUT2D eigenvalue weighted by atomic mass is 32.1. The molecule has 8 heteroatoms. The molecule has 0 bridgehead atoms. The third kappa shape index (κ3) is 4.21. The van der Waals surface area contributed by atoms with E-state index in [0.717, 1.165) is 12.1 Å². The predicted molar refractivity (Wildman–Crippen MR) is 104 cm³/mol. The average molecular weight is 387 g/mol. The van der Waals surface area contributed by atoms with Gasteiger partial charge in [0.1, 0.15) is 21.4 Å². The molecule has 0 atom stereocenters. The van der Waals surface area contributed by atoms with E-state index >= 15 is 0 Å². The van der Waals surface area contributed by atoms with Crippen LogP contribution in [0.5, 0.6) is 0 Å². The van der Waals surface area contributed by atoms with Crippen molar-refractivity contribution in [1.29, 1.82) is 0 Å². The summed E-state index contributed by atoms with van der Waals surface area (Å²) in [6, 6.07) is 6.04. The van der Waals surface area contributed by atoms with Gasteiger partial charge in [-0.05, 0) is 50.5 Å². The number of carbonyl (C=O) groups is 1. The number of amides is 1. The van der Waals surface area contributed by atoms with Crippen molar-refractivity contribution >= 4 is 17.2 Å². The second-order valence-corrected chi connectivity index (χ2v) is 7.78. The van der Waals surface area contributed by atoms with Crippen molar-refractivity contribution in [3.8, 4) is 16.4 Å². The molecule has 27 heavy (non-hydrogen) atoms. The van der Waals surface area contributed by atoms with Gasteiger partial charge >= 0.3 is 0 Å². The number of carbonyl (C=O) groups excluding carboxylic acids is 1. The van der Waals surface area contributed by atoms with Crippen LogP contribution in [0.1, 0.15) is 41.3 Å². The summed E-state index contributed by atoms with van der Waals surface area (Å²) in [6.45, 7) is 8.57. The van der Waals surface area contributed by atoms with E-state index in [1.165, 1.54) is 23.5 Å². The van der Waals surface area contributed by atoms with E-state index in [4.69, 9.17) is 0 Å². The number of halogens is 1. The molecule has 0 spiro atoms. The number of hydrogen-bond acceptors (Lipinski definition) is 5. The summed E-state index contributed by atoms with van der Waals surface area (Å²) in [5.74, 6) is 0.119. The SMILES string of the molecule is Cc1nc(-c2nnn(-c3ccc(F)cc3)c2C)sc1C(=O)NCCC(C)C. The lowest BCUT2D eigenvalue weighted by Gasteiger charge is -2.05. The molecule has 0 unspecified atom stereocenters. The molecule has 2 heterocycles. The molecular weight excluding hydrogens is 365 g/mol. The third-order valence-electron chi connectivity index (χ3n) is 4.18. The van der Waals surface area contributed by atoms with Crippen LogP contribution in [0.2, 0.25) is 0 Å². The maximum Gasteiger partial charge on any atom is 0.263 e. The summed E-state index contributed by atoms with van der Waals surface area (Å²) in [5.41, 5.74) is 2.79. The highest BCUT2D eigenvalue weighted by Gasteiger charge is 2.20. The van der Waals surface area contributed by atoms with Crippen molar-refractivity contribution in [2.24, 2.45) is 5.92 Å². The van der Waals surface area contributed by atoms with E-state index in [2.05, 4.69) is 34.5 Å². The predicted octanol–water partition coefficient (Wildman–Crippen LogP) is 3.92. The zero-order valence-electron chi connectivity index (χ0n) is 15.8. The second kappa shape index (κ2) is 7.96. The van der Waals surface area contributed by atoms with Gasteiger partial charge in [-0.2, -0.15) is 0 Å². The van der Waals surface area contributed by atoms with E-state index in [1.54, 1.807) is 16.8 Å². The molecule has 0 fully saturated rings. The van der Waals surface area contributed by atoms with E-state index in [9.17, 15) is 9.18 Å². The molecule has 3 aromatic rings. The van der Waals surface area contributed by atoms with Gasteiger partial charge in [0.15, 0.2) is 0 Å². The van der Waals surface area contributed by atoms with Crippen LogP contribution in [0.15, 0.2) is 24.3 Å². The maximum atomic E-state index is 13.1. The fourth-order valence-corrected chi connectivity index (χ4v) is 3.64. The van der Waals surface area contributed by atoms with Crippen molar-refractivity contribution < 1.29 is 9.18 Å². The Morgan fingerprint density at radius 3 is 2.63 bits per heavy atom. The fourth-order valence-electron chi connectivity index (χ4n) is 2.62. The number of nitrogens with one attached hydrogen (secondary N) is 1.